The highest BCUT2D eigenvalue weighted by molar-refractivity contribution is 5.79. The first-order chi connectivity index (χ1) is 10.6. The number of methoxy groups -OCH3 is 2. The lowest BCUT2D eigenvalue weighted by Crippen LogP contribution is -2.34. The first kappa shape index (κ1) is 16.6. The van der Waals surface area contributed by atoms with E-state index < -0.39 is 6.10 Å². The van der Waals surface area contributed by atoms with Crippen molar-refractivity contribution in [1.82, 2.24) is 5.32 Å². The second-order valence-electron chi connectivity index (χ2n) is 5.61. The minimum absolute atomic E-state index is 0.0524. The predicted molar refractivity (Wildman–Crippen MR) is 81.0 cm³/mol. The fourth-order valence-electron chi connectivity index (χ4n) is 2.87. The third-order valence-corrected chi connectivity index (χ3v) is 4.07. The van der Waals surface area contributed by atoms with Crippen LogP contribution in [0.5, 0.6) is 11.5 Å². The van der Waals surface area contributed by atoms with Crippen LogP contribution in [-0.2, 0) is 11.2 Å². The summed E-state index contributed by atoms with van der Waals surface area (Å²) in [6.45, 7) is -0.0524. The van der Waals surface area contributed by atoms with Crippen LogP contribution in [-0.4, -0.2) is 49.1 Å². The summed E-state index contributed by atoms with van der Waals surface area (Å²) in [5.41, 5.74) is 0.826. The van der Waals surface area contributed by atoms with Gasteiger partial charge in [0, 0.05) is 18.6 Å². The van der Waals surface area contributed by atoms with Crippen LogP contribution in [0.25, 0.3) is 0 Å². The molecule has 0 unspecified atom stereocenters. The van der Waals surface area contributed by atoms with Crippen LogP contribution in [0.1, 0.15) is 18.4 Å². The molecule has 0 radical (unpaired) electrons. The first-order valence-electron chi connectivity index (χ1n) is 7.36. The largest absolute Gasteiger partial charge is 0.493 e. The van der Waals surface area contributed by atoms with Crippen LogP contribution in [0.3, 0.4) is 0 Å². The van der Waals surface area contributed by atoms with Crippen molar-refractivity contribution in [2.45, 2.75) is 31.4 Å². The molecular formula is C16H23NO5. The number of rotatable bonds is 6. The molecule has 1 aliphatic carbocycles. The molecule has 0 aliphatic heterocycles. The van der Waals surface area contributed by atoms with E-state index in [1.165, 1.54) is 0 Å². The highest BCUT2D eigenvalue weighted by Crippen LogP contribution is 2.28. The van der Waals surface area contributed by atoms with E-state index in [0.717, 1.165) is 5.56 Å². The second-order valence-corrected chi connectivity index (χ2v) is 5.61. The van der Waals surface area contributed by atoms with Gasteiger partial charge < -0.3 is 25.0 Å². The zero-order valence-corrected chi connectivity index (χ0v) is 12.9. The van der Waals surface area contributed by atoms with Crippen LogP contribution in [0.15, 0.2) is 18.2 Å². The van der Waals surface area contributed by atoms with Crippen LogP contribution < -0.4 is 14.8 Å². The molecule has 1 fully saturated rings. The van der Waals surface area contributed by atoms with Crippen molar-refractivity contribution in [3.63, 3.8) is 0 Å². The molecule has 1 saturated carbocycles. The Hall–Kier alpha value is -1.79. The molecule has 2 rings (SSSR count). The molecule has 1 aliphatic rings. The van der Waals surface area contributed by atoms with E-state index in [1.807, 2.05) is 6.07 Å². The van der Waals surface area contributed by atoms with Gasteiger partial charge in [0.25, 0.3) is 0 Å². The minimum atomic E-state index is -0.545. The van der Waals surface area contributed by atoms with Crippen molar-refractivity contribution in [1.29, 1.82) is 0 Å². The number of aliphatic hydroxyl groups is 2. The lowest BCUT2D eigenvalue weighted by Gasteiger charge is -2.13. The van der Waals surface area contributed by atoms with Crippen LogP contribution in [0, 0.1) is 5.92 Å². The fourth-order valence-corrected chi connectivity index (χ4v) is 2.87. The zero-order chi connectivity index (χ0) is 16.1. The van der Waals surface area contributed by atoms with Gasteiger partial charge in [0.15, 0.2) is 11.5 Å². The summed E-state index contributed by atoms with van der Waals surface area (Å²) in [7, 11) is 3.11. The minimum Gasteiger partial charge on any atom is -0.493 e. The SMILES string of the molecule is COc1ccc(CC(=O)N[C@H]2C[C@@H](CO)[C@@H](O)C2)cc1OC. The molecule has 3 atom stereocenters. The molecule has 0 bridgehead atoms. The third kappa shape index (κ3) is 3.90. The van der Waals surface area contributed by atoms with Gasteiger partial charge >= 0.3 is 0 Å². The number of benzene rings is 1. The van der Waals surface area contributed by atoms with Gasteiger partial charge in [0.1, 0.15) is 0 Å². The maximum absolute atomic E-state index is 12.1. The van der Waals surface area contributed by atoms with Gasteiger partial charge in [-0.3, -0.25) is 4.79 Å². The van der Waals surface area contributed by atoms with Gasteiger partial charge in [-0.05, 0) is 30.5 Å². The Morgan fingerprint density at radius 2 is 2.00 bits per heavy atom. The van der Waals surface area contributed by atoms with E-state index in [0.29, 0.717) is 24.3 Å². The maximum atomic E-state index is 12.1. The van der Waals surface area contributed by atoms with Gasteiger partial charge in [-0.2, -0.15) is 0 Å². The molecule has 1 aromatic rings. The summed E-state index contributed by atoms with van der Waals surface area (Å²) < 4.78 is 10.4. The number of carbonyl (C=O) groups is 1. The molecular weight excluding hydrogens is 286 g/mol. The Morgan fingerprint density at radius 1 is 1.27 bits per heavy atom. The lowest BCUT2D eigenvalue weighted by atomic mass is 10.1. The van der Waals surface area contributed by atoms with Gasteiger partial charge in [-0.25, -0.2) is 0 Å². The standard InChI is InChI=1S/C16H23NO5/c1-21-14-4-3-10(5-15(14)22-2)6-16(20)17-12-7-11(9-18)13(19)8-12/h3-5,11-13,18-19H,6-9H2,1-2H3,(H,17,20)/t11-,12-,13-/m0/s1. The zero-order valence-electron chi connectivity index (χ0n) is 12.9. The molecule has 122 valence electrons. The number of amides is 1. The Morgan fingerprint density at radius 3 is 2.59 bits per heavy atom. The Balaban J connectivity index is 1.92. The molecule has 6 nitrogen and oxygen atoms in total. The molecule has 0 aromatic heterocycles. The third-order valence-electron chi connectivity index (χ3n) is 4.07. The van der Waals surface area contributed by atoms with Crippen molar-refractivity contribution < 1.29 is 24.5 Å². The summed E-state index contributed by atoms with van der Waals surface area (Å²) >= 11 is 0. The average molecular weight is 309 g/mol. The van der Waals surface area contributed by atoms with Crippen LogP contribution >= 0.6 is 0 Å². The predicted octanol–water partition coefficient (Wildman–Crippen LogP) is 0.494. The van der Waals surface area contributed by atoms with E-state index in [9.17, 15) is 9.90 Å². The molecule has 0 spiro atoms. The van der Waals surface area contributed by atoms with E-state index >= 15 is 0 Å². The van der Waals surface area contributed by atoms with Crippen molar-refractivity contribution in [2.75, 3.05) is 20.8 Å². The smallest absolute Gasteiger partial charge is 0.224 e. The Labute approximate surface area is 130 Å². The number of hydrogen-bond donors (Lipinski definition) is 3. The number of nitrogens with one attached hydrogen (secondary N) is 1. The highest BCUT2D eigenvalue weighted by Gasteiger charge is 2.33. The topological polar surface area (TPSA) is 88.0 Å². The quantitative estimate of drug-likeness (QED) is 0.712. The van der Waals surface area contributed by atoms with Gasteiger partial charge in [0.2, 0.25) is 5.91 Å². The second kappa shape index (κ2) is 7.47. The molecule has 3 N–H and O–H groups in total. The van der Waals surface area contributed by atoms with Gasteiger partial charge in [-0.15, -0.1) is 0 Å². The summed E-state index contributed by atoms with van der Waals surface area (Å²) in [6.07, 6.45) is 0.783. The summed E-state index contributed by atoms with van der Waals surface area (Å²) in [5.74, 6) is 0.954. The van der Waals surface area contributed by atoms with Crippen molar-refractivity contribution in [3.8, 4) is 11.5 Å². The Kier molecular flexibility index (Phi) is 5.63. The van der Waals surface area contributed by atoms with Crippen LogP contribution in [0.4, 0.5) is 0 Å². The lowest BCUT2D eigenvalue weighted by molar-refractivity contribution is -0.121. The van der Waals surface area contributed by atoms with Gasteiger partial charge in [-0.1, -0.05) is 6.07 Å². The molecule has 6 heteroatoms. The number of carbonyl (C=O) groups excluding carboxylic acids is 1. The fraction of sp³-hybridized carbons (Fsp3) is 0.562. The Bertz CT molecular complexity index is 519. The summed E-state index contributed by atoms with van der Waals surface area (Å²) in [4.78, 5) is 12.1. The first-order valence-corrected chi connectivity index (χ1v) is 7.36. The van der Waals surface area contributed by atoms with Crippen LogP contribution in [0.2, 0.25) is 0 Å². The molecule has 0 saturated heterocycles. The maximum Gasteiger partial charge on any atom is 0.224 e. The van der Waals surface area contributed by atoms with Crippen molar-refractivity contribution in [2.24, 2.45) is 5.92 Å². The highest BCUT2D eigenvalue weighted by atomic mass is 16.5. The van der Waals surface area contributed by atoms with Crippen molar-refractivity contribution in [3.05, 3.63) is 23.8 Å². The summed E-state index contributed by atoms with van der Waals surface area (Å²) in [6, 6.07) is 5.28. The molecule has 1 aromatic carbocycles. The van der Waals surface area contributed by atoms with E-state index in [1.54, 1.807) is 26.4 Å². The normalized spacial score (nSPS) is 24.1. The molecule has 1 amide bonds. The van der Waals surface area contributed by atoms with Crippen molar-refractivity contribution >= 4 is 5.91 Å². The van der Waals surface area contributed by atoms with E-state index in [-0.39, 0.29) is 30.9 Å². The van der Waals surface area contributed by atoms with E-state index in [2.05, 4.69) is 5.32 Å². The average Bonchev–Trinajstić information content (AvgIpc) is 2.86. The number of aliphatic hydroxyl groups excluding tert-OH is 2. The molecule has 22 heavy (non-hydrogen) atoms. The number of hydrogen-bond acceptors (Lipinski definition) is 5. The number of ether oxygens (including phenoxy) is 2. The summed E-state index contributed by atoms with van der Waals surface area (Å²) in [5, 5.41) is 21.8. The van der Waals surface area contributed by atoms with Gasteiger partial charge in [0.05, 0.1) is 26.7 Å². The monoisotopic (exact) mass is 309 g/mol. The van der Waals surface area contributed by atoms with E-state index in [4.69, 9.17) is 14.6 Å². The molecule has 0 heterocycles.